The molecule has 1 aliphatic carbocycles. The van der Waals surface area contributed by atoms with Crippen LogP contribution in [0, 0.1) is 23.2 Å². The molecular formula is C33H44O10. The van der Waals surface area contributed by atoms with Crippen molar-refractivity contribution in [3.05, 3.63) is 47.5 Å². The monoisotopic (exact) mass is 600 g/mol. The third-order valence-corrected chi connectivity index (χ3v) is 9.40. The Morgan fingerprint density at radius 1 is 0.907 bits per heavy atom. The van der Waals surface area contributed by atoms with Gasteiger partial charge in [-0.1, -0.05) is 52.0 Å². The maximum absolute atomic E-state index is 13.3. The Labute approximate surface area is 253 Å². The molecule has 2 heterocycles. The van der Waals surface area contributed by atoms with Crippen molar-refractivity contribution in [1.82, 2.24) is 0 Å². The fourth-order valence-corrected chi connectivity index (χ4v) is 7.22. The van der Waals surface area contributed by atoms with E-state index >= 15 is 0 Å². The van der Waals surface area contributed by atoms with Crippen molar-refractivity contribution >= 4 is 23.9 Å². The summed E-state index contributed by atoms with van der Waals surface area (Å²) in [5.41, 5.74) is -1.22. The summed E-state index contributed by atoms with van der Waals surface area (Å²) in [4.78, 5) is 50.3. The number of carbonyl (C=O) groups is 4. The summed E-state index contributed by atoms with van der Waals surface area (Å²) in [6.45, 7) is 13.1. The van der Waals surface area contributed by atoms with Crippen molar-refractivity contribution in [3.63, 3.8) is 0 Å². The van der Waals surface area contributed by atoms with Crippen LogP contribution in [-0.2, 0) is 38.1 Å². The largest absolute Gasteiger partial charge is 0.462 e. The number of aliphatic hydroxyl groups is 1. The minimum Gasteiger partial charge on any atom is -0.462 e. The lowest BCUT2D eigenvalue weighted by Gasteiger charge is -2.41. The standard InChI is InChI=1S/C33H44O10/c1-17-14-24-27(42-31(38)23-12-10-9-11-13-23)18(2)16-33(24)30(41-22(6)36)19(3)28(43-33)29(37)32(7,8)26(40-21(5)35)15-25(17)39-20(4)34/h9-14,18-19,24-30,37H,15-16H2,1-8H3. The normalized spacial score (nSPS) is 36.8. The van der Waals surface area contributed by atoms with Crippen LogP contribution in [0.5, 0.6) is 0 Å². The van der Waals surface area contributed by atoms with Crippen LogP contribution in [0.3, 0.4) is 0 Å². The van der Waals surface area contributed by atoms with Crippen LogP contribution < -0.4 is 0 Å². The average Bonchev–Trinajstić information content (AvgIpc) is 3.33. The van der Waals surface area contributed by atoms with Crippen LogP contribution in [0.25, 0.3) is 0 Å². The molecule has 3 aliphatic rings. The van der Waals surface area contributed by atoms with Gasteiger partial charge in [0.2, 0.25) is 0 Å². The van der Waals surface area contributed by atoms with Gasteiger partial charge < -0.3 is 28.8 Å². The smallest absolute Gasteiger partial charge is 0.338 e. The zero-order chi connectivity index (χ0) is 31.9. The van der Waals surface area contributed by atoms with Gasteiger partial charge in [0.05, 0.1) is 17.8 Å². The van der Waals surface area contributed by atoms with Gasteiger partial charge >= 0.3 is 23.9 Å². The highest BCUT2D eigenvalue weighted by Crippen LogP contribution is 2.57. The van der Waals surface area contributed by atoms with E-state index < -0.39 is 83.4 Å². The molecule has 1 saturated heterocycles. The second-order valence-electron chi connectivity index (χ2n) is 13.0. The molecule has 10 atom stereocenters. The molecular weight excluding hydrogens is 556 g/mol. The van der Waals surface area contributed by atoms with Gasteiger partial charge in [0.25, 0.3) is 0 Å². The first kappa shape index (κ1) is 32.7. The summed E-state index contributed by atoms with van der Waals surface area (Å²) >= 11 is 0. The molecule has 10 nitrogen and oxygen atoms in total. The van der Waals surface area contributed by atoms with Gasteiger partial charge in [-0.05, 0) is 37.0 Å². The van der Waals surface area contributed by atoms with Gasteiger partial charge in [0, 0.05) is 44.4 Å². The molecule has 1 aromatic carbocycles. The van der Waals surface area contributed by atoms with E-state index in [1.807, 2.05) is 26.0 Å². The highest BCUT2D eigenvalue weighted by molar-refractivity contribution is 5.89. The Balaban J connectivity index is 1.90. The van der Waals surface area contributed by atoms with Crippen LogP contribution >= 0.6 is 0 Å². The van der Waals surface area contributed by atoms with Crippen molar-refractivity contribution in [3.8, 4) is 0 Å². The first-order chi connectivity index (χ1) is 20.1. The first-order valence-corrected chi connectivity index (χ1v) is 14.9. The number of carbonyl (C=O) groups excluding carboxylic acids is 4. The molecule has 0 aromatic heterocycles. The highest BCUT2D eigenvalue weighted by Gasteiger charge is 2.68. The molecule has 236 valence electrons. The molecule has 0 amide bonds. The number of esters is 4. The molecule has 43 heavy (non-hydrogen) atoms. The average molecular weight is 601 g/mol. The molecule has 1 saturated carbocycles. The summed E-state index contributed by atoms with van der Waals surface area (Å²) < 4.78 is 30.5. The zero-order valence-corrected chi connectivity index (χ0v) is 26.2. The molecule has 10 heteroatoms. The second-order valence-corrected chi connectivity index (χ2v) is 13.0. The van der Waals surface area contributed by atoms with E-state index in [1.165, 1.54) is 20.8 Å². The molecule has 0 radical (unpaired) electrons. The number of aliphatic hydroxyl groups excluding tert-OH is 1. The maximum atomic E-state index is 13.3. The van der Waals surface area contributed by atoms with Crippen molar-refractivity contribution in [2.24, 2.45) is 23.2 Å². The van der Waals surface area contributed by atoms with E-state index in [0.29, 0.717) is 17.6 Å². The fraction of sp³-hybridized carbons (Fsp3) is 0.636. The lowest BCUT2D eigenvalue weighted by atomic mass is 9.72. The zero-order valence-electron chi connectivity index (χ0n) is 26.2. The molecule has 1 spiro atoms. The lowest BCUT2D eigenvalue weighted by Crippen LogP contribution is -2.51. The van der Waals surface area contributed by atoms with Crippen molar-refractivity contribution in [1.29, 1.82) is 0 Å². The minimum atomic E-state index is -1.18. The molecule has 2 aliphatic heterocycles. The molecule has 10 unspecified atom stereocenters. The predicted octanol–water partition coefficient (Wildman–Crippen LogP) is 4.17. The topological polar surface area (TPSA) is 135 Å². The third-order valence-electron chi connectivity index (χ3n) is 9.40. The molecule has 4 rings (SSSR count). The van der Waals surface area contributed by atoms with Crippen LogP contribution in [-0.4, -0.2) is 71.2 Å². The van der Waals surface area contributed by atoms with Gasteiger partial charge in [-0.25, -0.2) is 4.79 Å². The molecule has 2 bridgehead atoms. The summed E-state index contributed by atoms with van der Waals surface area (Å²) in [5.74, 6) is -3.41. The fourth-order valence-electron chi connectivity index (χ4n) is 7.22. The quantitative estimate of drug-likeness (QED) is 0.298. The number of benzene rings is 1. The van der Waals surface area contributed by atoms with Gasteiger partial charge in [-0.2, -0.15) is 0 Å². The van der Waals surface area contributed by atoms with Crippen LogP contribution in [0.1, 0.15) is 78.6 Å². The van der Waals surface area contributed by atoms with Crippen molar-refractivity contribution < 1.29 is 48.0 Å². The second kappa shape index (κ2) is 12.4. The van der Waals surface area contributed by atoms with Gasteiger partial charge in [-0.15, -0.1) is 0 Å². The van der Waals surface area contributed by atoms with E-state index in [1.54, 1.807) is 45.0 Å². The number of fused-ring (bicyclic) bond motifs is 1. The van der Waals surface area contributed by atoms with E-state index in [-0.39, 0.29) is 12.3 Å². The summed E-state index contributed by atoms with van der Waals surface area (Å²) in [5, 5.41) is 12.0. The van der Waals surface area contributed by atoms with E-state index in [0.717, 1.165) is 0 Å². The molecule has 2 fully saturated rings. The van der Waals surface area contributed by atoms with Crippen molar-refractivity contribution in [2.45, 2.75) is 110 Å². The van der Waals surface area contributed by atoms with Crippen molar-refractivity contribution in [2.75, 3.05) is 0 Å². The van der Waals surface area contributed by atoms with Crippen LogP contribution in [0.15, 0.2) is 42.0 Å². The van der Waals surface area contributed by atoms with Gasteiger partial charge in [-0.3, -0.25) is 14.4 Å². The third kappa shape index (κ3) is 6.36. The Kier molecular flexibility index (Phi) is 9.42. The number of hydrogen-bond donors (Lipinski definition) is 1. The first-order valence-electron chi connectivity index (χ1n) is 14.9. The summed E-state index contributed by atoms with van der Waals surface area (Å²) in [6.07, 6.45) is -2.85. The Morgan fingerprint density at radius 2 is 1.51 bits per heavy atom. The Bertz CT molecular complexity index is 1260. The van der Waals surface area contributed by atoms with E-state index in [9.17, 15) is 24.3 Å². The number of ether oxygens (including phenoxy) is 5. The maximum Gasteiger partial charge on any atom is 0.338 e. The summed E-state index contributed by atoms with van der Waals surface area (Å²) in [7, 11) is 0. The number of hydrogen-bond acceptors (Lipinski definition) is 10. The SMILES string of the molecule is CC(=O)OC1CC(OC(C)=O)C(C)(C)C(O)C2OC3(CC(C)C(OC(=O)c4ccccc4)C3C=C1C)C(OC(C)=O)C2C. The number of rotatable bonds is 5. The summed E-state index contributed by atoms with van der Waals surface area (Å²) in [6, 6.07) is 8.66. The van der Waals surface area contributed by atoms with E-state index in [4.69, 9.17) is 23.7 Å². The van der Waals surface area contributed by atoms with Crippen LogP contribution in [0.4, 0.5) is 0 Å². The molecule has 1 aromatic rings. The predicted molar refractivity (Wildman–Crippen MR) is 155 cm³/mol. The Hall–Kier alpha value is -3.24. The highest BCUT2D eigenvalue weighted by atomic mass is 16.6. The van der Waals surface area contributed by atoms with Gasteiger partial charge in [0.1, 0.15) is 30.0 Å². The van der Waals surface area contributed by atoms with Crippen LogP contribution in [0.2, 0.25) is 0 Å². The Morgan fingerprint density at radius 3 is 2.09 bits per heavy atom. The molecule has 1 N–H and O–H groups in total. The minimum absolute atomic E-state index is 0.0871. The van der Waals surface area contributed by atoms with Gasteiger partial charge in [0.15, 0.2) is 0 Å². The van der Waals surface area contributed by atoms with E-state index in [2.05, 4.69) is 0 Å². The lowest BCUT2D eigenvalue weighted by molar-refractivity contribution is -0.184.